The molecule has 3 rings (SSSR count). The Kier molecular flexibility index (Phi) is 10.4. The van der Waals surface area contributed by atoms with Crippen LogP contribution in [0.25, 0.3) is 0 Å². The molecule has 0 bridgehead atoms. The lowest BCUT2D eigenvalue weighted by atomic mass is 10.0. The highest BCUT2D eigenvalue weighted by molar-refractivity contribution is 7.91. The monoisotopic (exact) mass is 479 g/mol. The number of carbonyl (C=O) groups is 2. The number of Topliss-reactive ketones (excluding diaryl/α,β-unsaturated/α-hetero) is 1. The maximum atomic E-state index is 12.9. The van der Waals surface area contributed by atoms with Crippen molar-refractivity contribution in [2.45, 2.75) is 48.8 Å². The molecule has 0 aliphatic carbocycles. The molecule has 0 unspecified atom stereocenters. The van der Waals surface area contributed by atoms with Crippen LogP contribution in [0.5, 0.6) is 0 Å². The van der Waals surface area contributed by atoms with Gasteiger partial charge in [-0.3, -0.25) is 4.79 Å². The zero-order chi connectivity index (χ0) is 25.0. The molecule has 0 aliphatic heterocycles. The topological polar surface area (TPSA) is 112 Å². The minimum absolute atomic E-state index is 0.0354. The molecule has 0 atom stereocenters. The van der Waals surface area contributed by atoms with Gasteiger partial charge in [0.05, 0.1) is 21.1 Å². The van der Waals surface area contributed by atoms with Crippen molar-refractivity contribution in [1.29, 1.82) is 5.41 Å². The molecule has 0 heterocycles. The largest absolute Gasteiger partial charge is 0.478 e. The summed E-state index contributed by atoms with van der Waals surface area (Å²) >= 11 is 0. The number of carbonyl (C=O) groups excluding carboxylic acids is 1. The quantitative estimate of drug-likeness (QED) is 0.208. The van der Waals surface area contributed by atoms with Crippen LogP contribution >= 0.6 is 0 Å². The molecule has 0 saturated heterocycles. The Morgan fingerprint density at radius 3 is 1.91 bits per heavy atom. The number of aromatic carboxylic acids is 1. The van der Waals surface area contributed by atoms with Crippen LogP contribution in [-0.2, 0) is 9.84 Å². The smallest absolute Gasteiger partial charge is 0.335 e. The lowest BCUT2D eigenvalue weighted by Crippen LogP contribution is -2.17. The van der Waals surface area contributed by atoms with E-state index < -0.39 is 21.6 Å². The van der Waals surface area contributed by atoms with E-state index in [9.17, 15) is 18.0 Å². The van der Waals surface area contributed by atoms with Gasteiger partial charge >= 0.3 is 5.97 Å². The summed E-state index contributed by atoms with van der Waals surface area (Å²) in [6.07, 6.45) is 4.26. The molecule has 3 aromatic rings. The predicted molar refractivity (Wildman–Crippen MR) is 133 cm³/mol. The molecular formula is C27H29NO5S. The molecule has 34 heavy (non-hydrogen) atoms. The fourth-order valence-electron chi connectivity index (χ4n) is 3.20. The van der Waals surface area contributed by atoms with Gasteiger partial charge in [0.1, 0.15) is 0 Å². The molecule has 0 saturated carbocycles. The summed E-state index contributed by atoms with van der Waals surface area (Å²) in [5.41, 5.74) is 0.371. The second-order valence-corrected chi connectivity index (χ2v) is 9.52. The van der Waals surface area contributed by atoms with Gasteiger partial charge in [-0.05, 0) is 49.2 Å². The van der Waals surface area contributed by atoms with Gasteiger partial charge in [0, 0.05) is 5.56 Å². The fraction of sp³-hybridized carbons (Fsp3) is 0.222. The lowest BCUT2D eigenvalue weighted by Gasteiger charge is -2.10. The summed E-state index contributed by atoms with van der Waals surface area (Å²) < 4.78 is 25.7. The molecule has 3 aromatic carbocycles. The number of hydrogen-bond acceptors (Lipinski definition) is 5. The molecule has 0 aliphatic rings. The molecule has 0 aromatic heterocycles. The first kappa shape index (κ1) is 26.7. The van der Waals surface area contributed by atoms with Crippen LogP contribution in [0.1, 0.15) is 59.7 Å². The number of rotatable bonds is 10. The van der Waals surface area contributed by atoms with Gasteiger partial charge in [-0.2, -0.15) is 0 Å². The van der Waals surface area contributed by atoms with Crippen molar-refractivity contribution in [3.05, 3.63) is 96.1 Å². The Balaban J connectivity index is 0.000000379. The van der Waals surface area contributed by atoms with Gasteiger partial charge in [0.2, 0.25) is 15.6 Å². The average Bonchev–Trinajstić information content (AvgIpc) is 2.87. The van der Waals surface area contributed by atoms with Crippen LogP contribution in [0.4, 0.5) is 0 Å². The first-order valence-corrected chi connectivity index (χ1v) is 12.6. The van der Waals surface area contributed by atoms with Crippen LogP contribution < -0.4 is 0 Å². The summed E-state index contributed by atoms with van der Waals surface area (Å²) in [6, 6.07) is 22.5. The van der Waals surface area contributed by atoms with Gasteiger partial charge in [0.25, 0.3) is 0 Å². The van der Waals surface area contributed by atoms with Crippen molar-refractivity contribution in [3.63, 3.8) is 0 Å². The molecule has 6 nitrogen and oxygen atoms in total. The van der Waals surface area contributed by atoms with Gasteiger partial charge in [0.15, 0.2) is 0 Å². The van der Waals surface area contributed by atoms with Crippen molar-refractivity contribution in [2.24, 2.45) is 0 Å². The summed E-state index contributed by atoms with van der Waals surface area (Å²) in [5.74, 6) is -1.39. The standard InChI is InChI=1S/C20H23NO3S.C7H6O2/c1-2-3-4-8-14-18(21)20(22)17-13-9-10-15-19(17)25(23,24)16-11-6-5-7-12-16;8-7(9)6-4-2-1-3-5-6/h5-7,9-13,15,21H,2-4,8,14H2,1H3;1-5H,(H,8,9). The van der Waals surface area contributed by atoms with E-state index in [-0.39, 0.29) is 21.1 Å². The molecule has 0 fully saturated rings. The Bertz CT molecular complexity index is 1210. The zero-order valence-corrected chi connectivity index (χ0v) is 19.9. The van der Waals surface area contributed by atoms with Crippen molar-refractivity contribution < 1.29 is 23.1 Å². The van der Waals surface area contributed by atoms with Crippen molar-refractivity contribution >= 4 is 27.3 Å². The Morgan fingerprint density at radius 1 is 0.794 bits per heavy atom. The van der Waals surface area contributed by atoms with E-state index in [0.29, 0.717) is 12.0 Å². The summed E-state index contributed by atoms with van der Waals surface area (Å²) in [7, 11) is -3.79. The van der Waals surface area contributed by atoms with Crippen LogP contribution in [0.3, 0.4) is 0 Å². The predicted octanol–water partition coefficient (Wildman–Crippen LogP) is 6.08. The third-order valence-electron chi connectivity index (χ3n) is 5.05. The SMILES string of the molecule is CCCCCCC(=N)C(=O)c1ccccc1S(=O)(=O)c1ccccc1.O=C(O)c1ccccc1. The third-order valence-corrected chi connectivity index (χ3v) is 6.88. The first-order valence-electron chi connectivity index (χ1n) is 11.1. The van der Waals surface area contributed by atoms with E-state index in [1.54, 1.807) is 60.7 Å². The third kappa shape index (κ3) is 7.49. The van der Waals surface area contributed by atoms with Gasteiger partial charge < -0.3 is 10.5 Å². The zero-order valence-electron chi connectivity index (χ0n) is 19.1. The number of carboxylic acids is 1. The van der Waals surface area contributed by atoms with Crippen LogP contribution in [-0.4, -0.2) is 31.0 Å². The minimum atomic E-state index is -3.79. The maximum absolute atomic E-state index is 12.9. The van der Waals surface area contributed by atoms with E-state index in [1.807, 2.05) is 0 Å². The fourth-order valence-corrected chi connectivity index (χ4v) is 4.68. The summed E-state index contributed by atoms with van der Waals surface area (Å²) in [6.45, 7) is 2.10. The van der Waals surface area contributed by atoms with Gasteiger partial charge in [-0.1, -0.05) is 74.7 Å². The van der Waals surface area contributed by atoms with Crippen molar-refractivity contribution in [3.8, 4) is 0 Å². The molecule has 0 amide bonds. The van der Waals surface area contributed by atoms with E-state index in [2.05, 4.69) is 6.92 Å². The maximum Gasteiger partial charge on any atom is 0.335 e. The number of hydrogen-bond donors (Lipinski definition) is 2. The number of sulfone groups is 1. The van der Waals surface area contributed by atoms with Gasteiger partial charge in [-0.15, -0.1) is 0 Å². The van der Waals surface area contributed by atoms with Gasteiger partial charge in [-0.25, -0.2) is 13.2 Å². The lowest BCUT2D eigenvalue weighted by molar-refractivity contribution is 0.0696. The van der Waals surface area contributed by atoms with E-state index in [1.165, 1.54) is 24.3 Å². The first-order chi connectivity index (χ1) is 16.3. The second-order valence-electron chi connectivity index (χ2n) is 7.60. The van der Waals surface area contributed by atoms with Crippen molar-refractivity contribution in [1.82, 2.24) is 0 Å². The Morgan fingerprint density at radius 2 is 1.35 bits per heavy atom. The minimum Gasteiger partial charge on any atom is -0.478 e. The van der Waals surface area contributed by atoms with Crippen molar-refractivity contribution in [2.75, 3.05) is 0 Å². The number of benzene rings is 3. The van der Waals surface area contributed by atoms with Crippen LogP contribution in [0, 0.1) is 5.41 Å². The highest BCUT2D eigenvalue weighted by atomic mass is 32.2. The second kappa shape index (κ2) is 13.2. The van der Waals surface area contributed by atoms with E-state index in [4.69, 9.17) is 10.5 Å². The molecule has 7 heteroatoms. The highest BCUT2D eigenvalue weighted by Gasteiger charge is 2.25. The summed E-state index contributed by atoms with van der Waals surface area (Å²) in [5, 5.41) is 16.4. The van der Waals surface area contributed by atoms with Crippen LogP contribution in [0.2, 0.25) is 0 Å². The molecule has 178 valence electrons. The Labute approximate surface area is 200 Å². The average molecular weight is 480 g/mol. The van der Waals surface area contributed by atoms with E-state index in [0.717, 1.165) is 25.7 Å². The number of unbranched alkanes of at least 4 members (excludes halogenated alkanes) is 3. The molecule has 2 N–H and O–H groups in total. The van der Waals surface area contributed by atoms with E-state index >= 15 is 0 Å². The highest BCUT2D eigenvalue weighted by Crippen LogP contribution is 2.25. The normalized spacial score (nSPS) is 10.6. The molecule has 0 radical (unpaired) electrons. The molecule has 0 spiro atoms. The number of ketones is 1. The Hall–Kier alpha value is -3.58. The molecular weight excluding hydrogens is 450 g/mol. The van der Waals surface area contributed by atoms with Crippen LogP contribution in [0.15, 0.2) is 94.7 Å². The number of nitrogens with one attached hydrogen (secondary N) is 1. The number of carboxylic acid groups (broad SMARTS) is 1. The summed E-state index contributed by atoms with van der Waals surface area (Å²) in [4.78, 5) is 22.9.